The van der Waals surface area contributed by atoms with Crippen LogP contribution in [0.15, 0.2) is 48.5 Å². The molecule has 2 aliphatic heterocycles. The molecule has 9 atom stereocenters. The van der Waals surface area contributed by atoms with Crippen molar-refractivity contribution in [1.82, 2.24) is 26.6 Å². The van der Waals surface area contributed by atoms with Gasteiger partial charge in [-0.2, -0.15) is 0 Å². The molecule has 5 aliphatic rings. The minimum absolute atomic E-state index is 0.123. The number of rotatable bonds is 15. The molecule has 11 N–H and O–H groups in total. The second-order valence-corrected chi connectivity index (χ2v) is 18.6. The third kappa shape index (κ3) is 11.7. The fraction of sp³-hybridized carbons (Fsp3) is 0.630. The zero-order chi connectivity index (χ0) is 45.3. The summed E-state index contributed by atoms with van der Waals surface area (Å²) in [7, 11) is -0.858. The van der Waals surface area contributed by atoms with Gasteiger partial charge < -0.3 is 57.8 Å². The fourth-order valence-electron chi connectivity index (χ4n) is 9.68. The summed E-state index contributed by atoms with van der Waals surface area (Å²) >= 11 is 0. The SMILES string of the molecule is CCCCc1ccc(-c2ccc(C(=O)N[C@@H](CCCCN)C(=O)N[C@H]3COCCCCC[C@@H](C(=O)N[C@@H](N)B4OC5C[C@@H]6C[C@@H](C6(C)C)[C@]5(C)O4)NC(=O)[C@H](N)NC3=O)cc2)cc1. The van der Waals surface area contributed by atoms with E-state index in [1.165, 1.54) is 5.56 Å². The number of benzene rings is 2. The van der Waals surface area contributed by atoms with Gasteiger partial charge in [-0.05, 0) is 117 Å². The van der Waals surface area contributed by atoms with Gasteiger partial charge in [0.25, 0.3) is 11.8 Å². The van der Waals surface area contributed by atoms with Gasteiger partial charge in [0.1, 0.15) is 24.2 Å². The monoisotopic (exact) mass is 873 g/mol. The van der Waals surface area contributed by atoms with Gasteiger partial charge in [-0.15, -0.1) is 0 Å². The van der Waals surface area contributed by atoms with E-state index in [2.05, 4.69) is 78.5 Å². The number of nitrogens with one attached hydrogen (secondary N) is 5. The Balaban J connectivity index is 1.05. The minimum atomic E-state index is -1.58. The zero-order valence-electron chi connectivity index (χ0n) is 37.4. The van der Waals surface area contributed by atoms with Crippen LogP contribution in [0.2, 0.25) is 0 Å². The molecule has 0 spiro atoms. The number of carbonyl (C=O) groups is 5. The van der Waals surface area contributed by atoms with Crippen molar-refractivity contribution in [3.63, 3.8) is 0 Å². The lowest BCUT2D eigenvalue weighted by Crippen LogP contribution is -2.65. The Morgan fingerprint density at radius 3 is 2.30 bits per heavy atom. The second kappa shape index (κ2) is 21.5. The molecule has 2 aromatic carbocycles. The molecule has 2 aromatic rings. The summed E-state index contributed by atoms with van der Waals surface area (Å²) in [6.07, 6.45) is 7.04. The normalized spacial score (nSPS) is 28.2. The number of ether oxygens (including phenoxy) is 1. The average Bonchev–Trinajstić information content (AvgIpc) is 3.64. The van der Waals surface area contributed by atoms with Crippen molar-refractivity contribution in [2.24, 2.45) is 34.5 Å². The Labute approximate surface area is 372 Å². The predicted molar refractivity (Wildman–Crippen MR) is 240 cm³/mol. The highest BCUT2D eigenvalue weighted by Crippen LogP contribution is 2.65. The maximum absolute atomic E-state index is 13.8. The van der Waals surface area contributed by atoms with Gasteiger partial charge in [-0.25, -0.2) is 0 Å². The van der Waals surface area contributed by atoms with E-state index in [1.807, 2.05) is 12.1 Å². The van der Waals surface area contributed by atoms with E-state index in [9.17, 15) is 24.0 Å². The first kappa shape index (κ1) is 48.1. The van der Waals surface area contributed by atoms with E-state index < -0.39 is 72.6 Å². The molecule has 2 saturated heterocycles. The molecule has 63 heavy (non-hydrogen) atoms. The Morgan fingerprint density at radius 2 is 1.62 bits per heavy atom. The molecular formula is C46H69BN8O8. The van der Waals surface area contributed by atoms with E-state index in [-0.39, 0.29) is 37.6 Å². The van der Waals surface area contributed by atoms with Crippen LogP contribution in [-0.2, 0) is 39.6 Å². The van der Waals surface area contributed by atoms with Crippen LogP contribution in [0.5, 0.6) is 0 Å². The van der Waals surface area contributed by atoms with Crippen molar-refractivity contribution in [3.05, 3.63) is 59.7 Å². The molecule has 17 heteroatoms. The first-order valence-corrected chi connectivity index (χ1v) is 23.0. The molecule has 2 bridgehead atoms. The summed E-state index contributed by atoms with van der Waals surface area (Å²) < 4.78 is 18.5. The molecule has 16 nitrogen and oxygen atoms in total. The number of aryl methyl sites for hydroxylation is 1. The molecule has 0 radical (unpaired) electrons. The Bertz CT molecular complexity index is 1900. The third-order valence-electron chi connectivity index (χ3n) is 13.8. The molecule has 344 valence electrons. The Kier molecular flexibility index (Phi) is 16.4. The van der Waals surface area contributed by atoms with Gasteiger partial charge in [0.2, 0.25) is 17.7 Å². The highest BCUT2D eigenvalue weighted by atomic mass is 16.7. The topological polar surface area (TPSA) is 251 Å². The summed E-state index contributed by atoms with van der Waals surface area (Å²) in [5, 5.41) is 13.5. The van der Waals surface area contributed by atoms with Crippen LogP contribution in [-0.4, -0.2) is 98.5 Å². The highest BCUT2D eigenvalue weighted by molar-refractivity contribution is 6.47. The predicted octanol–water partition coefficient (Wildman–Crippen LogP) is 2.55. The van der Waals surface area contributed by atoms with E-state index in [4.69, 9.17) is 31.2 Å². The number of hydrogen-bond donors (Lipinski definition) is 8. The molecule has 2 heterocycles. The van der Waals surface area contributed by atoms with Gasteiger partial charge >= 0.3 is 7.12 Å². The maximum Gasteiger partial charge on any atom is 0.497 e. The summed E-state index contributed by atoms with van der Waals surface area (Å²) in [5.41, 5.74) is 21.6. The van der Waals surface area contributed by atoms with Crippen molar-refractivity contribution in [2.75, 3.05) is 19.8 Å². The second-order valence-electron chi connectivity index (χ2n) is 18.6. The number of unbranched alkanes of at least 4 members (excludes halogenated alkanes) is 2. The summed E-state index contributed by atoms with van der Waals surface area (Å²) in [6, 6.07) is 11.3. The fourth-order valence-corrected chi connectivity index (χ4v) is 9.68. The van der Waals surface area contributed by atoms with Gasteiger partial charge in [0.15, 0.2) is 6.17 Å². The first-order chi connectivity index (χ1) is 30.1. The van der Waals surface area contributed by atoms with E-state index in [0.717, 1.165) is 43.2 Å². The molecular weight excluding hydrogens is 803 g/mol. The quantitative estimate of drug-likeness (QED) is 0.0734. The van der Waals surface area contributed by atoms with Crippen molar-refractivity contribution >= 4 is 36.7 Å². The first-order valence-electron chi connectivity index (χ1n) is 23.0. The number of amides is 5. The smallest absolute Gasteiger partial charge is 0.403 e. The number of nitrogens with two attached hydrogens (primary N) is 3. The molecule has 5 fully saturated rings. The Morgan fingerprint density at radius 1 is 0.905 bits per heavy atom. The van der Waals surface area contributed by atoms with Crippen molar-refractivity contribution in [2.45, 2.75) is 147 Å². The highest BCUT2D eigenvalue weighted by Gasteiger charge is 2.68. The largest absolute Gasteiger partial charge is 0.497 e. The maximum atomic E-state index is 13.8. The average molecular weight is 873 g/mol. The van der Waals surface area contributed by atoms with Crippen LogP contribution < -0.4 is 43.8 Å². The van der Waals surface area contributed by atoms with Crippen LogP contribution in [0.4, 0.5) is 0 Å². The van der Waals surface area contributed by atoms with Crippen LogP contribution >= 0.6 is 0 Å². The van der Waals surface area contributed by atoms with Crippen LogP contribution in [0, 0.1) is 17.3 Å². The van der Waals surface area contributed by atoms with Crippen molar-refractivity contribution in [1.29, 1.82) is 0 Å². The molecule has 3 aliphatic carbocycles. The standard InChI is InChI=1S/C46H69BN8O8/c1-5-6-12-28-15-17-29(18-16-28)30-19-21-31(22-20-30)39(56)51-33(14-9-10-23-48)40(57)53-35-27-61-24-11-7-8-13-34(52-43(60)38(49)54-42(35)59)41(58)55-44(50)47-62-37-26-32-25-36(45(32,2)3)46(37,4)63-47/h15-22,32-38,44H,5-14,23-27,48-50H2,1-4H3,(H,51,56)(H,52,60)(H,53,57)(H,54,59)(H,55,58)/t32-,33-,34-,35-,36-,37?,38+,44+,46-/m0/s1. The van der Waals surface area contributed by atoms with E-state index in [1.54, 1.807) is 12.1 Å². The minimum Gasteiger partial charge on any atom is -0.403 e. The Hall–Kier alpha value is -4.39. The van der Waals surface area contributed by atoms with Gasteiger partial charge in [-0.1, -0.05) is 76.4 Å². The lowest BCUT2D eigenvalue weighted by atomic mass is 9.43. The van der Waals surface area contributed by atoms with Crippen molar-refractivity contribution < 1.29 is 38.0 Å². The molecule has 5 amide bonds. The van der Waals surface area contributed by atoms with Crippen molar-refractivity contribution in [3.8, 4) is 11.1 Å². The van der Waals surface area contributed by atoms with E-state index in [0.29, 0.717) is 56.0 Å². The molecule has 0 aromatic heterocycles. The zero-order valence-corrected chi connectivity index (χ0v) is 37.4. The molecule has 7 rings (SSSR count). The third-order valence-corrected chi connectivity index (χ3v) is 13.8. The molecule has 3 saturated carbocycles. The lowest BCUT2D eigenvalue weighted by Gasteiger charge is -2.64. The van der Waals surface area contributed by atoms with Crippen LogP contribution in [0.1, 0.15) is 114 Å². The summed E-state index contributed by atoms with van der Waals surface area (Å²) in [6.45, 7) is 9.22. The molecule has 1 unspecified atom stereocenters. The lowest BCUT2D eigenvalue weighted by molar-refractivity contribution is -0.199. The van der Waals surface area contributed by atoms with Gasteiger partial charge in [0.05, 0.1) is 18.3 Å². The van der Waals surface area contributed by atoms with E-state index >= 15 is 0 Å². The summed E-state index contributed by atoms with van der Waals surface area (Å²) in [5.74, 6) is -2.33. The van der Waals surface area contributed by atoms with Gasteiger partial charge in [0, 0.05) is 12.2 Å². The summed E-state index contributed by atoms with van der Waals surface area (Å²) in [4.78, 5) is 68.0. The van der Waals surface area contributed by atoms with Crippen LogP contribution in [0.25, 0.3) is 11.1 Å². The van der Waals surface area contributed by atoms with Crippen LogP contribution in [0.3, 0.4) is 0 Å². The van der Waals surface area contributed by atoms with Gasteiger partial charge in [-0.3, -0.25) is 24.0 Å². The number of hydrogen-bond acceptors (Lipinski definition) is 11. The number of carbonyl (C=O) groups excluding carboxylic acids is 5.